The summed E-state index contributed by atoms with van der Waals surface area (Å²) >= 11 is 0. The van der Waals surface area contributed by atoms with Crippen LogP contribution in [0.1, 0.15) is 47.0 Å². The monoisotopic (exact) mass is 246 g/mol. The molecule has 0 aromatic rings. The summed E-state index contributed by atoms with van der Waals surface area (Å²) in [6.07, 6.45) is -0.0340. The van der Waals surface area contributed by atoms with E-state index in [0.29, 0.717) is 6.42 Å². The number of carbonyl (C=O) groups is 2. The minimum Gasteiger partial charge on any atom is -0.406 e. The zero-order chi connectivity index (χ0) is 13.7. The summed E-state index contributed by atoms with van der Waals surface area (Å²) in [5.74, 6) is -1.42. The van der Waals surface area contributed by atoms with Gasteiger partial charge >= 0.3 is 12.2 Å². The molecule has 0 saturated carbocycles. The van der Waals surface area contributed by atoms with Crippen LogP contribution in [0, 0.1) is 5.41 Å². The summed E-state index contributed by atoms with van der Waals surface area (Å²) in [5.41, 5.74) is 9.44. The van der Waals surface area contributed by atoms with E-state index in [0.717, 1.165) is 12.8 Å². The fourth-order valence-corrected chi connectivity index (χ4v) is 1.54. The topological polar surface area (TPSA) is 105 Å². The van der Waals surface area contributed by atoms with Gasteiger partial charge in [0.05, 0.1) is 0 Å². The molecule has 0 aliphatic heterocycles. The molecular weight excluding hydrogens is 224 g/mol. The molecule has 0 fully saturated rings. The Bertz CT molecular complexity index is 268. The minimum atomic E-state index is -1.42. The molecule has 0 bridgehead atoms. The van der Waals surface area contributed by atoms with Crippen molar-refractivity contribution in [1.29, 1.82) is 0 Å². The summed E-state index contributed by atoms with van der Waals surface area (Å²) in [5, 5.41) is 0. The smallest absolute Gasteiger partial charge is 0.406 e. The third kappa shape index (κ3) is 4.50. The number of hydrogen-bond acceptors (Lipinski definition) is 4. The molecule has 0 unspecified atom stereocenters. The van der Waals surface area contributed by atoms with Crippen LogP contribution >= 0.6 is 0 Å². The van der Waals surface area contributed by atoms with Crippen molar-refractivity contribution in [3.05, 3.63) is 0 Å². The van der Waals surface area contributed by atoms with E-state index in [2.05, 4.69) is 0 Å². The van der Waals surface area contributed by atoms with Crippen molar-refractivity contribution >= 4 is 12.2 Å². The largest absolute Gasteiger partial charge is 0.407 e. The lowest BCUT2D eigenvalue weighted by Crippen LogP contribution is -2.52. The molecule has 0 atom stereocenters. The van der Waals surface area contributed by atoms with E-state index in [1.807, 2.05) is 6.92 Å². The Morgan fingerprint density at radius 3 is 1.71 bits per heavy atom. The highest BCUT2D eigenvalue weighted by atomic mass is 16.7. The molecule has 0 aliphatic rings. The van der Waals surface area contributed by atoms with Crippen LogP contribution in [-0.4, -0.2) is 18.0 Å². The van der Waals surface area contributed by atoms with Crippen LogP contribution in [0.25, 0.3) is 0 Å². The average molecular weight is 246 g/mol. The number of amides is 2. The lowest BCUT2D eigenvalue weighted by molar-refractivity contribution is -0.225. The van der Waals surface area contributed by atoms with Gasteiger partial charge in [-0.05, 0) is 6.42 Å². The molecule has 0 aromatic carbocycles. The maximum absolute atomic E-state index is 11.0. The van der Waals surface area contributed by atoms with Crippen LogP contribution in [-0.2, 0) is 9.47 Å². The number of unbranched alkanes of at least 4 members (excludes halogenated alkanes) is 1. The number of primary amides is 2. The van der Waals surface area contributed by atoms with Crippen molar-refractivity contribution in [2.24, 2.45) is 16.9 Å². The lowest BCUT2D eigenvalue weighted by Gasteiger charge is -2.41. The van der Waals surface area contributed by atoms with Gasteiger partial charge in [-0.1, -0.05) is 34.1 Å². The zero-order valence-electron chi connectivity index (χ0n) is 10.9. The molecule has 0 heterocycles. The molecule has 0 saturated heterocycles. The standard InChI is InChI=1S/C11H22N2O4/c1-5-6-7-11(10(2,3)4,16-8(12)14)17-9(13)15/h5-7H2,1-4H3,(H2,12,14)(H2,13,15). The Morgan fingerprint density at radius 2 is 1.47 bits per heavy atom. The SMILES string of the molecule is CCCCC(OC(N)=O)(OC(N)=O)C(C)(C)C. The number of carbonyl (C=O) groups excluding carboxylic acids is 2. The fourth-order valence-electron chi connectivity index (χ4n) is 1.54. The second-order valence-electron chi connectivity index (χ2n) is 4.95. The Balaban J connectivity index is 5.19. The molecule has 100 valence electrons. The summed E-state index contributed by atoms with van der Waals surface area (Å²) in [4.78, 5) is 21.9. The van der Waals surface area contributed by atoms with Crippen LogP contribution in [0.5, 0.6) is 0 Å². The highest BCUT2D eigenvalue weighted by Gasteiger charge is 2.48. The van der Waals surface area contributed by atoms with Gasteiger partial charge in [0.2, 0.25) is 0 Å². The number of ether oxygens (including phenoxy) is 2. The van der Waals surface area contributed by atoms with Crippen molar-refractivity contribution in [3.8, 4) is 0 Å². The number of nitrogens with two attached hydrogens (primary N) is 2. The molecule has 0 aliphatic carbocycles. The molecule has 4 N–H and O–H groups in total. The highest BCUT2D eigenvalue weighted by Crippen LogP contribution is 2.39. The van der Waals surface area contributed by atoms with Gasteiger partial charge in [-0.2, -0.15) is 0 Å². The summed E-state index contributed by atoms with van der Waals surface area (Å²) in [7, 11) is 0. The maximum Gasteiger partial charge on any atom is 0.407 e. The first-order chi connectivity index (χ1) is 7.64. The van der Waals surface area contributed by atoms with Gasteiger partial charge in [0.25, 0.3) is 5.79 Å². The summed E-state index contributed by atoms with van der Waals surface area (Å²) < 4.78 is 10.1. The van der Waals surface area contributed by atoms with E-state index in [4.69, 9.17) is 20.9 Å². The van der Waals surface area contributed by atoms with E-state index in [-0.39, 0.29) is 0 Å². The van der Waals surface area contributed by atoms with E-state index in [1.54, 1.807) is 20.8 Å². The summed E-state index contributed by atoms with van der Waals surface area (Å²) in [6, 6.07) is 0. The molecule has 0 rings (SSSR count). The van der Waals surface area contributed by atoms with Gasteiger partial charge in [-0.3, -0.25) is 0 Å². The number of hydrogen-bond donors (Lipinski definition) is 2. The first-order valence-corrected chi connectivity index (χ1v) is 5.61. The van der Waals surface area contributed by atoms with Crippen molar-refractivity contribution in [2.45, 2.75) is 52.7 Å². The summed E-state index contributed by atoms with van der Waals surface area (Å²) in [6.45, 7) is 7.33. The molecule has 0 aromatic heterocycles. The van der Waals surface area contributed by atoms with Gasteiger partial charge in [-0.15, -0.1) is 0 Å². The van der Waals surface area contributed by atoms with Gasteiger partial charge < -0.3 is 20.9 Å². The van der Waals surface area contributed by atoms with Crippen LogP contribution < -0.4 is 11.5 Å². The van der Waals surface area contributed by atoms with Gasteiger partial charge in [-0.25, -0.2) is 9.59 Å². The Morgan fingerprint density at radius 1 is 1.06 bits per heavy atom. The lowest BCUT2D eigenvalue weighted by atomic mass is 9.82. The molecule has 0 radical (unpaired) electrons. The van der Waals surface area contributed by atoms with Crippen molar-refractivity contribution in [2.75, 3.05) is 0 Å². The first kappa shape index (κ1) is 15.5. The van der Waals surface area contributed by atoms with Crippen LogP contribution in [0.4, 0.5) is 9.59 Å². The molecule has 2 amide bonds. The van der Waals surface area contributed by atoms with Gasteiger partial charge in [0, 0.05) is 11.8 Å². The Labute approximate surface area is 102 Å². The van der Waals surface area contributed by atoms with E-state index in [1.165, 1.54) is 0 Å². The van der Waals surface area contributed by atoms with Crippen molar-refractivity contribution in [3.63, 3.8) is 0 Å². The van der Waals surface area contributed by atoms with Crippen LogP contribution in [0.3, 0.4) is 0 Å². The predicted octanol–water partition coefficient (Wildman–Crippen LogP) is 2.11. The Hall–Kier alpha value is -1.46. The minimum absolute atomic E-state index is 0.360. The third-order valence-corrected chi connectivity index (χ3v) is 2.53. The average Bonchev–Trinajstić information content (AvgIpc) is 2.10. The molecule has 0 spiro atoms. The molecule has 6 heteroatoms. The van der Waals surface area contributed by atoms with E-state index in [9.17, 15) is 9.59 Å². The van der Waals surface area contributed by atoms with E-state index < -0.39 is 23.4 Å². The second kappa shape index (κ2) is 5.75. The first-order valence-electron chi connectivity index (χ1n) is 5.61. The van der Waals surface area contributed by atoms with Crippen molar-refractivity contribution in [1.82, 2.24) is 0 Å². The van der Waals surface area contributed by atoms with Crippen LogP contribution in [0.2, 0.25) is 0 Å². The second-order valence-corrected chi connectivity index (χ2v) is 4.95. The maximum atomic E-state index is 11.0. The number of rotatable bonds is 5. The van der Waals surface area contributed by atoms with Crippen molar-refractivity contribution < 1.29 is 19.1 Å². The van der Waals surface area contributed by atoms with E-state index >= 15 is 0 Å². The quantitative estimate of drug-likeness (QED) is 0.724. The fraction of sp³-hybridized carbons (Fsp3) is 0.818. The molecule has 6 nitrogen and oxygen atoms in total. The highest BCUT2D eigenvalue weighted by molar-refractivity contribution is 5.67. The van der Waals surface area contributed by atoms with Gasteiger partial charge in [0.1, 0.15) is 0 Å². The molecule has 17 heavy (non-hydrogen) atoms. The molecular formula is C11H22N2O4. The van der Waals surface area contributed by atoms with Crippen LogP contribution in [0.15, 0.2) is 0 Å². The third-order valence-electron chi connectivity index (χ3n) is 2.53. The zero-order valence-corrected chi connectivity index (χ0v) is 10.9. The predicted molar refractivity (Wildman–Crippen MR) is 63.0 cm³/mol. The van der Waals surface area contributed by atoms with Gasteiger partial charge in [0.15, 0.2) is 0 Å². The normalized spacial score (nSPS) is 12.0. The Kier molecular flexibility index (Phi) is 5.25.